The smallest absolute Gasteiger partial charge is 0.321 e. The molecule has 166 valence electrons. The van der Waals surface area contributed by atoms with Crippen LogP contribution < -0.4 is 10.6 Å². The number of urea groups is 1. The summed E-state index contributed by atoms with van der Waals surface area (Å²) in [5.41, 5.74) is 2.47. The van der Waals surface area contributed by atoms with Crippen LogP contribution in [0.3, 0.4) is 0 Å². The van der Waals surface area contributed by atoms with E-state index < -0.39 is 0 Å². The Morgan fingerprint density at radius 1 is 1.00 bits per heavy atom. The van der Waals surface area contributed by atoms with Crippen molar-refractivity contribution in [3.63, 3.8) is 0 Å². The Morgan fingerprint density at radius 3 is 2.50 bits per heavy atom. The average molecular weight is 470 g/mol. The molecule has 0 bridgehead atoms. The van der Waals surface area contributed by atoms with Crippen LogP contribution in [0.15, 0.2) is 47.2 Å². The van der Waals surface area contributed by atoms with Crippen molar-refractivity contribution in [2.45, 2.75) is 13.3 Å². The summed E-state index contributed by atoms with van der Waals surface area (Å²) in [6.07, 6.45) is 0.168. The summed E-state index contributed by atoms with van der Waals surface area (Å²) >= 11 is 2.66. The molecule has 0 aliphatic carbocycles. The average Bonchev–Trinajstić information content (AvgIpc) is 3.46. The van der Waals surface area contributed by atoms with Crippen LogP contribution >= 0.6 is 22.7 Å². The number of aryl methyl sites for hydroxylation is 1. The Hall–Kier alpha value is -3.24. The van der Waals surface area contributed by atoms with Crippen molar-refractivity contribution in [3.05, 3.63) is 63.3 Å². The summed E-state index contributed by atoms with van der Waals surface area (Å²) < 4.78 is 0. The number of nitrogens with one attached hydrogen (secondary N) is 2. The summed E-state index contributed by atoms with van der Waals surface area (Å²) in [6, 6.07) is 11.1. The highest BCUT2D eigenvalue weighted by Crippen LogP contribution is 2.19. The number of thiazole rings is 1. The number of thiophene rings is 1. The van der Waals surface area contributed by atoms with E-state index in [2.05, 4.69) is 15.6 Å². The lowest BCUT2D eigenvalue weighted by Gasteiger charge is -2.34. The fourth-order valence-electron chi connectivity index (χ4n) is 3.36. The minimum Gasteiger partial charge on any atom is -0.339 e. The first-order valence-corrected chi connectivity index (χ1v) is 11.9. The molecule has 2 aromatic heterocycles. The summed E-state index contributed by atoms with van der Waals surface area (Å²) in [6.45, 7) is 3.88. The van der Waals surface area contributed by atoms with Crippen LogP contribution in [-0.4, -0.2) is 58.8 Å². The third-order valence-electron chi connectivity index (χ3n) is 5.04. The van der Waals surface area contributed by atoms with Gasteiger partial charge < -0.3 is 15.1 Å². The van der Waals surface area contributed by atoms with Gasteiger partial charge in [0.15, 0.2) is 5.13 Å². The SMILES string of the molecule is Cc1cccc(NC(=O)N2CCN(C(=O)Cc3csc(NC(=O)c4cccs4)n3)CC2)c1. The molecule has 32 heavy (non-hydrogen) atoms. The van der Waals surface area contributed by atoms with Crippen molar-refractivity contribution >= 4 is 51.3 Å². The number of anilines is 2. The lowest BCUT2D eigenvalue weighted by atomic mass is 10.2. The highest BCUT2D eigenvalue weighted by Gasteiger charge is 2.25. The summed E-state index contributed by atoms with van der Waals surface area (Å²) in [5, 5.41) is 9.77. The molecule has 10 heteroatoms. The fourth-order valence-corrected chi connectivity index (χ4v) is 4.69. The van der Waals surface area contributed by atoms with Gasteiger partial charge in [-0.2, -0.15) is 0 Å². The minimum atomic E-state index is -0.202. The fraction of sp³-hybridized carbons (Fsp3) is 0.273. The van der Waals surface area contributed by atoms with Gasteiger partial charge in [-0.3, -0.25) is 14.9 Å². The first kappa shape index (κ1) is 22.0. The van der Waals surface area contributed by atoms with Gasteiger partial charge in [0.1, 0.15) is 0 Å². The lowest BCUT2D eigenvalue weighted by molar-refractivity contribution is -0.131. The second kappa shape index (κ2) is 9.92. The first-order valence-electron chi connectivity index (χ1n) is 10.2. The number of piperazine rings is 1. The van der Waals surface area contributed by atoms with Crippen LogP contribution in [0.2, 0.25) is 0 Å². The standard InChI is InChI=1S/C22H23N5O3S2/c1-15-4-2-5-16(12-15)24-22(30)27-9-7-26(8-10-27)19(28)13-17-14-32-21(23-17)25-20(29)18-6-3-11-31-18/h2-6,11-12,14H,7-10,13H2,1H3,(H,24,30)(H,23,25,29). The molecule has 0 radical (unpaired) electrons. The number of carbonyl (C=O) groups is 3. The number of hydrogen-bond donors (Lipinski definition) is 2. The van der Waals surface area contributed by atoms with Crippen LogP contribution in [0.25, 0.3) is 0 Å². The molecule has 2 N–H and O–H groups in total. The maximum Gasteiger partial charge on any atom is 0.321 e. The quantitative estimate of drug-likeness (QED) is 0.596. The second-order valence-corrected chi connectivity index (χ2v) is 9.23. The summed E-state index contributed by atoms with van der Waals surface area (Å²) in [4.78, 5) is 45.7. The van der Waals surface area contributed by atoms with Crippen molar-refractivity contribution in [2.75, 3.05) is 36.8 Å². The van der Waals surface area contributed by atoms with E-state index in [0.717, 1.165) is 11.3 Å². The number of amides is 4. The van der Waals surface area contributed by atoms with Gasteiger partial charge in [0.05, 0.1) is 17.0 Å². The van der Waals surface area contributed by atoms with Gasteiger partial charge in [0.25, 0.3) is 5.91 Å². The molecule has 0 saturated carbocycles. The zero-order chi connectivity index (χ0) is 22.5. The molecule has 4 rings (SSSR count). The van der Waals surface area contributed by atoms with E-state index in [-0.39, 0.29) is 24.3 Å². The predicted octanol–water partition coefficient (Wildman–Crippen LogP) is 3.68. The van der Waals surface area contributed by atoms with Crippen molar-refractivity contribution in [2.24, 2.45) is 0 Å². The van der Waals surface area contributed by atoms with E-state index in [1.54, 1.807) is 21.2 Å². The molecule has 8 nitrogen and oxygen atoms in total. The van der Waals surface area contributed by atoms with Gasteiger partial charge in [-0.05, 0) is 36.1 Å². The maximum atomic E-state index is 12.7. The number of carbonyl (C=O) groups excluding carboxylic acids is 3. The number of nitrogens with zero attached hydrogens (tertiary/aromatic N) is 3. The third kappa shape index (κ3) is 5.51. The van der Waals surface area contributed by atoms with Crippen molar-refractivity contribution in [3.8, 4) is 0 Å². The number of hydrogen-bond acceptors (Lipinski definition) is 6. The zero-order valence-corrected chi connectivity index (χ0v) is 19.2. The topological polar surface area (TPSA) is 94.6 Å². The molecule has 1 saturated heterocycles. The maximum absolute atomic E-state index is 12.7. The monoisotopic (exact) mass is 469 g/mol. The van der Waals surface area contributed by atoms with E-state index in [4.69, 9.17) is 0 Å². The van der Waals surface area contributed by atoms with Gasteiger partial charge >= 0.3 is 6.03 Å². The van der Waals surface area contributed by atoms with Crippen LogP contribution in [-0.2, 0) is 11.2 Å². The molecule has 1 aliphatic rings. The van der Waals surface area contributed by atoms with Crippen molar-refractivity contribution in [1.82, 2.24) is 14.8 Å². The molecule has 3 heterocycles. The van der Waals surface area contributed by atoms with Gasteiger partial charge in [-0.1, -0.05) is 18.2 Å². The van der Waals surface area contributed by atoms with Crippen LogP contribution in [0.5, 0.6) is 0 Å². The van der Waals surface area contributed by atoms with E-state index in [1.165, 1.54) is 22.7 Å². The van der Waals surface area contributed by atoms with Crippen molar-refractivity contribution < 1.29 is 14.4 Å². The largest absolute Gasteiger partial charge is 0.339 e. The van der Waals surface area contributed by atoms with Crippen LogP contribution in [0.4, 0.5) is 15.6 Å². The Labute approximate surface area is 193 Å². The Morgan fingerprint density at radius 2 is 1.78 bits per heavy atom. The van der Waals surface area contributed by atoms with Crippen molar-refractivity contribution in [1.29, 1.82) is 0 Å². The normalized spacial score (nSPS) is 13.7. The molecular weight excluding hydrogens is 446 g/mol. The molecule has 3 aromatic rings. The molecule has 4 amide bonds. The van der Waals surface area contributed by atoms with E-state index in [1.807, 2.05) is 42.6 Å². The zero-order valence-electron chi connectivity index (χ0n) is 17.5. The summed E-state index contributed by atoms with van der Waals surface area (Å²) in [7, 11) is 0. The number of aromatic nitrogens is 1. The molecular formula is C22H23N5O3S2. The van der Waals surface area contributed by atoms with Gasteiger partial charge in [0, 0.05) is 37.2 Å². The van der Waals surface area contributed by atoms with E-state index in [9.17, 15) is 14.4 Å². The highest BCUT2D eigenvalue weighted by atomic mass is 32.1. The highest BCUT2D eigenvalue weighted by molar-refractivity contribution is 7.14. The Kier molecular flexibility index (Phi) is 6.81. The summed E-state index contributed by atoms with van der Waals surface area (Å²) in [5.74, 6) is -0.238. The Bertz CT molecular complexity index is 1100. The first-order chi connectivity index (χ1) is 15.5. The van der Waals surface area contributed by atoms with E-state index >= 15 is 0 Å². The van der Waals surface area contributed by atoms with E-state index in [0.29, 0.717) is 41.9 Å². The predicted molar refractivity (Wildman–Crippen MR) is 126 cm³/mol. The molecule has 1 aromatic carbocycles. The van der Waals surface area contributed by atoms with Crippen LogP contribution in [0, 0.1) is 6.92 Å². The van der Waals surface area contributed by atoms with Gasteiger partial charge in [-0.25, -0.2) is 9.78 Å². The Balaban J connectivity index is 1.24. The van der Waals surface area contributed by atoms with Gasteiger partial charge in [0.2, 0.25) is 5.91 Å². The lowest BCUT2D eigenvalue weighted by Crippen LogP contribution is -2.52. The third-order valence-corrected chi connectivity index (χ3v) is 6.71. The minimum absolute atomic E-state index is 0.0369. The number of benzene rings is 1. The molecule has 0 unspecified atom stereocenters. The van der Waals surface area contributed by atoms with Gasteiger partial charge in [-0.15, -0.1) is 22.7 Å². The second-order valence-electron chi connectivity index (χ2n) is 7.42. The molecule has 0 spiro atoms. The molecule has 1 fully saturated rings. The number of rotatable bonds is 5. The molecule has 0 atom stereocenters. The molecule has 1 aliphatic heterocycles. The van der Waals surface area contributed by atoms with Crippen LogP contribution in [0.1, 0.15) is 20.9 Å².